The van der Waals surface area contributed by atoms with Crippen LogP contribution < -0.4 is 5.32 Å². The van der Waals surface area contributed by atoms with Crippen molar-refractivity contribution in [2.75, 3.05) is 25.0 Å². The molecule has 1 aromatic heterocycles. The number of carbonyl (C=O) groups is 3. The maximum atomic E-state index is 13.4. The van der Waals surface area contributed by atoms with Gasteiger partial charge in [0.1, 0.15) is 0 Å². The molecule has 1 spiro atoms. The number of hydrogen-bond acceptors (Lipinski definition) is 5. The van der Waals surface area contributed by atoms with Crippen LogP contribution in [0.5, 0.6) is 0 Å². The summed E-state index contributed by atoms with van der Waals surface area (Å²) in [6, 6.07) is 18.3. The standard InChI is InChI=1S/C25H25N5O4/c1-28-13-11-21(27-28)22(31)26-20-10-6-5-9-19(20)23(32)29-14-12-25(16-29)17-30(24(33)34-25)15-18-7-3-2-4-8-18/h2-11,13H,12,14-17H2,1H3,(H,26,31)/t25-/m1/s1. The van der Waals surface area contributed by atoms with Crippen LogP contribution >= 0.6 is 0 Å². The normalized spacial score (nSPS) is 19.5. The van der Waals surface area contributed by atoms with Gasteiger partial charge in [0, 0.05) is 32.8 Å². The molecule has 2 fully saturated rings. The van der Waals surface area contributed by atoms with Gasteiger partial charge in [-0.3, -0.25) is 19.2 Å². The van der Waals surface area contributed by atoms with Crippen molar-refractivity contribution in [1.82, 2.24) is 19.6 Å². The molecule has 2 aromatic carbocycles. The van der Waals surface area contributed by atoms with E-state index in [0.29, 0.717) is 43.9 Å². The highest BCUT2D eigenvalue weighted by atomic mass is 16.6. The molecule has 0 unspecified atom stereocenters. The van der Waals surface area contributed by atoms with E-state index in [2.05, 4.69) is 10.4 Å². The summed E-state index contributed by atoms with van der Waals surface area (Å²) in [4.78, 5) is 41.9. The molecule has 3 amide bonds. The molecule has 0 radical (unpaired) electrons. The Bertz CT molecular complexity index is 1240. The Morgan fingerprint density at radius 1 is 1.06 bits per heavy atom. The molecular formula is C25H25N5O4. The summed E-state index contributed by atoms with van der Waals surface area (Å²) in [6.07, 6.45) is 1.89. The van der Waals surface area contributed by atoms with Gasteiger partial charge in [-0.1, -0.05) is 42.5 Å². The third-order valence-electron chi connectivity index (χ3n) is 6.21. The van der Waals surface area contributed by atoms with Gasteiger partial charge in [-0.25, -0.2) is 4.79 Å². The van der Waals surface area contributed by atoms with Crippen LogP contribution in [-0.4, -0.2) is 62.7 Å². The van der Waals surface area contributed by atoms with Crippen LogP contribution in [0.25, 0.3) is 0 Å². The zero-order valence-corrected chi connectivity index (χ0v) is 18.8. The van der Waals surface area contributed by atoms with E-state index in [4.69, 9.17) is 4.74 Å². The van der Waals surface area contributed by atoms with Crippen LogP contribution in [0.15, 0.2) is 66.9 Å². The van der Waals surface area contributed by atoms with Crippen LogP contribution in [0.1, 0.15) is 32.8 Å². The molecule has 5 rings (SSSR count). The Balaban J connectivity index is 1.28. The Hall–Kier alpha value is -4.14. The smallest absolute Gasteiger partial charge is 0.410 e. The van der Waals surface area contributed by atoms with E-state index in [-0.39, 0.29) is 23.6 Å². The quantitative estimate of drug-likeness (QED) is 0.633. The Kier molecular flexibility index (Phi) is 5.53. The van der Waals surface area contributed by atoms with E-state index < -0.39 is 5.60 Å². The topological polar surface area (TPSA) is 96.8 Å². The van der Waals surface area contributed by atoms with Gasteiger partial charge in [0.05, 0.1) is 24.3 Å². The second-order valence-electron chi connectivity index (χ2n) is 8.74. The molecule has 2 saturated heterocycles. The second kappa shape index (κ2) is 8.66. The van der Waals surface area contributed by atoms with Gasteiger partial charge in [0.15, 0.2) is 11.3 Å². The molecule has 9 heteroatoms. The summed E-state index contributed by atoms with van der Waals surface area (Å²) < 4.78 is 7.32. The first-order valence-corrected chi connectivity index (χ1v) is 11.1. The lowest BCUT2D eigenvalue weighted by Crippen LogP contribution is -2.39. The number of anilines is 1. The molecular weight excluding hydrogens is 434 g/mol. The van der Waals surface area contributed by atoms with Crippen LogP contribution in [0.3, 0.4) is 0 Å². The zero-order chi connectivity index (χ0) is 23.7. The number of nitrogens with one attached hydrogen (secondary N) is 1. The molecule has 34 heavy (non-hydrogen) atoms. The summed E-state index contributed by atoms with van der Waals surface area (Å²) >= 11 is 0. The molecule has 0 bridgehead atoms. The first kappa shape index (κ1) is 21.7. The number of likely N-dealkylation sites (tertiary alicyclic amines) is 1. The van der Waals surface area contributed by atoms with Crippen LogP contribution in [0.2, 0.25) is 0 Å². The highest BCUT2D eigenvalue weighted by Gasteiger charge is 2.50. The Labute approximate surface area is 196 Å². The number of benzene rings is 2. The number of hydrogen-bond donors (Lipinski definition) is 1. The Morgan fingerprint density at radius 3 is 2.59 bits per heavy atom. The fourth-order valence-electron chi connectivity index (χ4n) is 4.52. The number of aryl methyl sites for hydroxylation is 1. The monoisotopic (exact) mass is 459 g/mol. The number of para-hydroxylation sites is 1. The van der Waals surface area contributed by atoms with Gasteiger partial charge >= 0.3 is 6.09 Å². The SMILES string of the molecule is Cn1ccc(C(=O)Nc2ccccc2C(=O)N2CC[C@]3(CN(Cc4ccccc4)C(=O)O3)C2)n1. The lowest BCUT2D eigenvalue weighted by atomic mass is 10.0. The van der Waals surface area contributed by atoms with E-state index in [1.165, 1.54) is 0 Å². The van der Waals surface area contributed by atoms with Gasteiger partial charge in [-0.05, 0) is 23.8 Å². The fraction of sp³-hybridized carbons (Fsp3) is 0.280. The van der Waals surface area contributed by atoms with Crippen molar-refractivity contribution in [3.63, 3.8) is 0 Å². The Morgan fingerprint density at radius 2 is 1.82 bits per heavy atom. The van der Waals surface area contributed by atoms with Crippen molar-refractivity contribution < 1.29 is 19.1 Å². The van der Waals surface area contributed by atoms with Crippen molar-refractivity contribution in [3.8, 4) is 0 Å². The minimum atomic E-state index is -0.715. The molecule has 3 aromatic rings. The largest absolute Gasteiger partial charge is 0.439 e. The maximum Gasteiger partial charge on any atom is 0.410 e. The van der Waals surface area contributed by atoms with Crippen molar-refractivity contribution in [2.45, 2.75) is 18.6 Å². The average Bonchev–Trinajstić information content (AvgIpc) is 3.53. The maximum absolute atomic E-state index is 13.4. The van der Waals surface area contributed by atoms with E-state index in [0.717, 1.165) is 5.56 Å². The number of amides is 3. The molecule has 1 atom stereocenters. The highest BCUT2D eigenvalue weighted by molar-refractivity contribution is 6.08. The number of carbonyl (C=O) groups excluding carboxylic acids is 3. The lowest BCUT2D eigenvalue weighted by molar-refractivity contribution is 0.0553. The van der Waals surface area contributed by atoms with E-state index in [1.54, 1.807) is 58.1 Å². The van der Waals surface area contributed by atoms with Crippen molar-refractivity contribution in [1.29, 1.82) is 0 Å². The third-order valence-corrected chi connectivity index (χ3v) is 6.21. The summed E-state index contributed by atoms with van der Waals surface area (Å²) in [5.74, 6) is -0.605. The van der Waals surface area contributed by atoms with E-state index >= 15 is 0 Å². The van der Waals surface area contributed by atoms with Crippen molar-refractivity contribution in [3.05, 3.63) is 83.7 Å². The van der Waals surface area contributed by atoms with E-state index in [1.807, 2.05) is 30.3 Å². The number of aromatic nitrogens is 2. The van der Waals surface area contributed by atoms with E-state index in [9.17, 15) is 14.4 Å². The van der Waals surface area contributed by atoms with Gasteiger partial charge in [0.2, 0.25) is 0 Å². The minimum Gasteiger partial charge on any atom is -0.439 e. The lowest BCUT2D eigenvalue weighted by Gasteiger charge is -2.23. The molecule has 2 aliphatic heterocycles. The summed E-state index contributed by atoms with van der Waals surface area (Å²) in [7, 11) is 1.73. The zero-order valence-electron chi connectivity index (χ0n) is 18.8. The van der Waals surface area contributed by atoms with Gasteiger partial charge < -0.3 is 15.0 Å². The highest BCUT2D eigenvalue weighted by Crippen LogP contribution is 2.34. The average molecular weight is 460 g/mol. The molecule has 3 heterocycles. The summed E-state index contributed by atoms with van der Waals surface area (Å²) in [6.45, 7) is 1.68. The first-order valence-electron chi connectivity index (χ1n) is 11.1. The predicted molar refractivity (Wildman–Crippen MR) is 124 cm³/mol. The van der Waals surface area contributed by atoms with Crippen LogP contribution in [0.4, 0.5) is 10.5 Å². The molecule has 1 N–H and O–H groups in total. The fourth-order valence-corrected chi connectivity index (χ4v) is 4.52. The summed E-state index contributed by atoms with van der Waals surface area (Å²) in [5, 5.41) is 6.90. The van der Waals surface area contributed by atoms with Gasteiger partial charge in [0.25, 0.3) is 11.8 Å². The minimum absolute atomic E-state index is 0.216. The summed E-state index contributed by atoms with van der Waals surface area (Å²) in [5.41, 5.74) is 1.38. The van der Waals surface area contributed by atoms with Crippen molar-refractivity contribution in [2.24, 2.45) is 7.05 Å². The molecule has 174 valence electrons. The van der Waals surface area contributed by atoms with Crippen molar-refractivity contribution >= 4 is 23.6 Å². The van der Waals surface area contributed by atoms with Gasteiger partial charge in [-0.2, -0.15) is 5.10 Å². The molecule has 2 aliphatic rings. The second-order valence-corrected chi connectivity index (χ2v) is 8.74. The molecule has 0 saturated carbocycles. The molecule has 0 aliphatic carbocycles. The first-order chi connectivity index (χ1) is 16.4. The van der Waals surface area contributed by atoms with Crippen LogP contribution in [-0.2, 0) is 18.3 Å². The van der Waals surface area contributed by atoms with Gasteiger partial charge in [-0.15, -0.1) is 0 Å². The number of nitrogens with zero attached hydrogens (tertiary/aromatic N) is 4. The number of rotatable bonds is 5. The van der Waals surface area contributed by atoms with Crippen LogP contribution in [0, 0.1) is 0 Å². The predicted octanol–water partition coefficient (Wildman–Crippen LogP) is 2.91. The molecule has 9 nitrogen and oxygen atoms in total. The third kappa shape index (κ3) is 4.24. The number of ether oxygens (including phenoxy) is 1.